The number of nitrogens with one attached hydrogen (secondary N) is 1. The van der Waals surface area contributed by atoms with E-state index in [-0.39, 0.29) is 5.91 Å². The SMILES string of the molecule is Cc1sc2nc(N3CCN(C(=O)c4ccccn4)CC3)nc(Nc3ccc(N4CCOCC4)cc3)c2c1C. The van der Waals surface area contributed by atoms with Crippen molar-refractivity contribution in [1.82, 2.24) is 19.9 Å². The van der Waals surface area contributed by atoms with E-state index in [1.165, 1.54) is 16.1 Å². The minimum Gasteiger partial charge on any atom is -0.378 e. The molecule has 0 aliphatic carbocycles. The molecule has 0 radical (unpaired) electrons. The first-order valence-corrected chi connectivity index (χ1v) is 13.8. The molecule has 1 amide bonds. The number of rotatable bonds is 5. The second-order valence-corrected chi connectivity index (χ2v) is 10.8. The van der Waals surface area contributed by atoms with E-state index in [0.717, 1.165) is 48.0 Å². The fourth-order valence-electron chi connectivity index (χ4n) is 4.94. The average molecular weight is 530 g/mol. The van der Waals surface area contributed by atoms with Crippen molar-refractivity contribution in [3.63, 3.8) is 0 Å². The minimum atomic E-state index is -0.0333. The third-order valence-corrected chi connectivity index (χ3v) is 8.36. The maximum Gasteiger partial charge on any atom is 0.272 e. The van der Waals surface area contributed by atoms with E-state index >= 15 is 0 Å². The van der Waals surface area contributed by atoms with Gasteiger partial charge < -0.3 is 24.8 Å². The lowest BCUT2D eigenvalue weighted by Crippen LogP contribution is -2.49. The second kappa shape index (κ2) is 10.5. The van der Waals surface area contributed by atoms with Crippen LogP contribution in [0.5, 0.6) is 0 Å². The third kappa shape index (κ3) is 4.89. The smallest absolute Gasteiger partial charge is 0.272 e. The Morgan fingerprint density at radius 1 is 0.921 bits per heavy atom. The molecule has 2 aliphatic rings. The number of thiophene rings is 1. The number of pyridine rings is 1. The molecule has 196 valence electrons. The van der Waals surface area contributed by atoms with Gasteiger partial charge in [-0.25, -0.2) is 4.98 Å². The number of ether oxygens (including phenoxy) is 1. The van der Waals surface area contributed by atoms with Crippen LogP contribution < -0.4 is 15.1 Å². The summed E-state index contributed by atoms with van der Waals surface area (Å²) in [6, 6.07) is 13.9. The molecule has 1 N–H and O–H groups in total. The Morgan fingerprint density at radius 3 is 2.39 bits per heavy atom. The first kappa shape index (κ1) is 24.6. The number of piperazine rings is 1. The predicted octanol–water partition coefficient (Wildman–Crippen LogP) is 4.25. The number of fused-ring (bicyclic) bond motifs is 1. The van der Waals surface area contributed by atoms with E-state index in [0.29, 0.717) is 37.8 Å². The topological polar surface area (TPSA) is 86.7 Å². The Hall–Kier alpha value is -3.76. The first-order valence-electron chi connectivity index (χ1n) is 13.0. The molecule has 0 saturated carbocycles. The normalized spacial score (nSPS) is 16.2. The van der Waals surface area contributed by atoms with Gasteiger partial charge in [-0.2, -0.15) is 4.98 Å². The van der Waals surface area contributed by atoms with E-state index < -0.39 is 0 Å². The highest BCUT2D eigenvalue weighted by Gasteiger charge is 2.25. The number of anilines is 4. The monoisotopic (exact) mass is 529 g/mol. The largest absolute Gasteiger partial charge is 0.378 e. The van der Waals surface area contributed by atoms with Gasteiger partial charge in [-0.05, 0) is 55.8 Å². The lowest BCUT2D eigenvalue weighted by atomic mass is 10.2. The summed E-state index contributed by atoms with van der Waals surface area (Å²) in [5, 5.41) is 4.64. The van der Waals surface area contributed by atoms with Crippen molar-refractivity contribution in [2.75, 3.05) is 67.6 Å². The molecule has 9 nitrogen and oxygen atoms in total. The van der Waals surface area contributed by atoms with Crippen molar-refractivity contribution >= 4 is 50.6 Å². The van der Waals surface area contributed by atoms with Gasteiger partial charge in [0.1, 0.15) is 16.3 Å². The summed E-state index contributed by atoms with van der Waals surface area (Å²) in [6.45, 7) is 10.2. The van der Waals surface area contributed by atoms with Crippen LogP contribution in [-0.2, 0) is 4.74 Å². The van der Waals surface area contributed by atoms with Gasteiger partial charge in [0.05, 0.1) is 18.6 Å². The molecular formula is C28H31N7O2S. The number of hydrogen-bond donors (Lipinski definition) is 1. The van der Waals surface area contributed by atoms with Crippen LogP contribution in [0, 0.1) is 13.8 Å². The van der Waals surface area contributed by atoms with E-state index in [1.807, 2.05) is 17.0 Å². The molecule has 2 saturated heterocycles. The highest BCUT2D eigenvalue weighted by atomic mass is 32.1. The van der Waals surface area contributed by atoms with Crippen molar-refractivity contribution in [1.29, 1.82) is 0 Å². The van der Waals surface area contributed by atoms with Gasteiger partial charge in [-0.1, -0.05) is 6.07 Å². The fourth-order valence-corrected chi connectivity index (χ4v) is 5.97. The zero-order chi connectivity index (χ0) is 26.1. The molecule has 4 aromatic rings. The molecular weight excluding hydrogens is 498 g/mol. The lowest BCUT2D eigenvalue weighted by Gasteiger charge is -2.34. The zero-order valence-corrected chi connectivity index (χ0v) is 22.5. The maximum atomic E-state index is 12.8. The van der Waals surface area contributed by atoms with E-state index in [2.05, 4.69) is 58.2 Å². The van der Waals surface area contributed by atoms with Crippen LogP contribution in [0.1, 0.15) is 20.9 Å². The third-order valence-electron chi connectivity index (χ3n) is 7.26. The summed E-state index contributed by atoms with van der Waals surface area (Å²) in [4.78, 5) is 35.6. The quantitative estimate of drug-likeness (QED) is 0.411. The van der Waals surface area contributed by atoms with Gasteiger partial charge in [0, 0.05) is 61.7 Å². The Bertz CT molecular complexity index is 1430. The second-order valence-electron chi connectivity index (χ2n) is 9.60. The minimum absolute atomic E-state index is 0.0333. The first-order chi connectivity index (χ1) is 18.6. The number of amides is 1. The molecule has 10 heteroatoms. The summed E-state index contributed by atoms with van der Waals surface area (Å²) in [5.74, 6) is 1.48. The molecule has 0 unspecified atom stereocenters. The van der Waals surface area contributed by atoms with Crippen molar-refractivity contribution in [2.24, 2.45) is 0 Å². The molecule has 0 spiro atoms. The van der Waals surface area contributed by atoms with Crippen molar-refractivity contribution < 1.29 is 9.53 Å². The molecule has 0 atom stereocenters. The Labute approximate surface area is 226 Å². The van der Waals surface area contributed by atoms with Gasteiger partial charge in [0.2, 0.25) is 5.95 Å². The molecule has 2 fully saturated rings. The van der Waals surface area contributed by atoms with Gasteiger partial charge in [0.15, 0.2) is 0 Å². The van der Waals surface area contributed by atoms with Crippen LogP contribution in [0.4, 0.5) is 23.1 Å². The standard InChI is InChI=1S/C28H31N7O2S/c1-19-20(2)38-26-24(19)25(30-21-6-8-22(9-7-21)33-15-17-37-18-16-33)31-28(32-26)35-13-11-34(12-14-35)27(36)23-5-3-4-10-29-23/h3-10H,11-18H2,1-2H3,(H,30,31,32). The number of carbonyl (C=O) groups is 1. The molecule has 3 aromatic heterocycles. The highest BCUT2D eigenvalue weighted by molar-refractivity contribution is 7.18. The van der Waals surface area contributed by atoms with Crippen molar-refractivity contribution in [3.05, 3.63) is 64.8 Å². The van der Waals surface area contributed by atoms with Gasteiger partial charge in [-0.15, -0.1) is 11.3 Å². The lowest BCUT2D eigenvalue weighted by molar-refractivity contribution is 0.0740. The average Bonchev–Trinajstić information content (AvgIpc) is 3.27. The summed E-state index contributed by atoms with van der Waals surface area (Å²) in [5.41, 5.74) is 3.87. The molecule has 2 aliphatic heterocycles. The van der Waals surface area contributed by atoms with E-state index in [9.17, 15) is 4.79 Å². The van der Waals surface area contributed by atoms with Crippen LogP contribution in [0.2, 0.25) is 0 Å². The summed E-state index contributed by atoms with van der Waals surface area (Å²) in [7, 11) is 0. The van der Waals surface area contributed by atoms with Crippen LogP contribution in [0.25, 0.3) is 10.2 Å². The van der Waals surface area contributed by atoms with Crippen molar-refractivity contribution in [2.45, 2.75) is 13.8 Å². The van der Waals surface area contributed by atoms with E-state index in [4.69, 9.17) is 14.7 Å². The number of morpholine rings is 1. The van der Waals surface area contributed by atoms with Crippen molar-refractivity contribution in [3.8, 4) is 0 Å². The van der Waals surface area contributed by atoms with Gasteiger partial charge >= 0.3 is 0 Å². The summed E-state index contributed by atoms with van der Waals surface area (Å²) < 4.78 is 5.48. The number of carbonyl (C=O) groups excluding carboxylic acids is 1. The van der Waals surface area contributed by atoms with Crippen LogP contribution in [-0.4, -0.2) is 78.2 Å². The number of benzene rings is 1. The Balaban J connectivity index is 1.22. The van der Waals surface area contributed by atoms with E-state index in [1.54, 1.807) is 23.6 Å². The molecule has 1 aromatic carbocycles. The van der Waals surface area contributed by atoms with Crippen LogP contribution >= 0.6 is 11.3 Å². The molecule has 0 bridgehead atoms. The predicted molar refractivity (Wildman–Crippen MR) is 152 cm³/mol. The Morgan fingerprint density at radius 2 is 1.68 bits per heavy atom. The maximum absolute atomic E-state index is 12.8. The molecule has 6 rings (SSSR count). The summed E-state index contributed by atoms with van der Waals surface area (Å²) >= 11 is 1.70. The summed E-state index contributed by atoms with van der Waals surface area (Å²) in [6.07, 6.45) is 1.66. The molecule has 38 heavy (non-hydrogen) atoms. The van der Waals surface area contributed by atoms with Crippen LogP contribution in [0.3, 0.4) is 0 Å². The Kier molecular flexibility index (Phi) is 6.82. The number of nitrogens with zero attached hydrogens (tertiary/aromatic N) is 6. The van der Waals surface area contributed by atoms with Gasteiger partial charge in [-0.3, -0.25) is 9.78 Å². The van der Waals surface area contributed by atoms with Gasteiger partial charge in [0.25, 0.3) is 5.91 Å². The number of hydrogen-bond acceptors (Lipinski definition) is 9. The fraction of sp³-hybridized carbons (Fsp3) is 0.357. The zero-order valence-electron chi connectivity index (χ0n) is 21.7. The number of aromatic nitrogens is 3. The molecule has 5 heterocycles. The number of aryl methyl sites for hydroxylation is 2. The highest BCUT2D eigenvalue weighted by Crippen LogP contribution is 2.36. The van der Waals surface area contributed by atoms with Crippen LogP contribution in [0.15, 0.2) is 48.7 Å².